The van der Waals surface area contributed by atoms with Gasteiger partial charge in [0.2, 0.25) is 0 Å². The number of anilines is 1. The molecule has 1 aromatic carbocycles. The van der Waals surface area contributed by atoms with Crippen LogP contribution in [0.3, 0.4) is 0 Å². The monoisotopic (exact) mass is 320 g/mol. The number of alkyl halides is 2. The lowest BCUT2D eigenvalue weighted by atomic mass is 10.3. The second kappa shape index (κ2) is 9.14. The van der Waals surface area contributed by atoms with Gasteiger partial charge in [-0.05, 0) is 18.6 Å². The maximum Gasteiger partial charge on any atom is 0.387 e. The van der Waals surface area contributed by atoms with Crippen molar-refractivity contribution < 1.29 is 27.8 Å². The molecule has 2 amide bonds. The van der Waals surface area contributed by atoms with E-state index in [1.54, 1.807) is 0 Å². The minimum absolute atomic E-state index is 0.0638. The largest absolute Gasteiger partial charge is 0.432 e. The molecule has 0 aromatic heterocycles. The summed E-state index contributed by atoms with van der Waals surface area (Å²) in [5.41, 5.74) is -0.0638. The van der Waals surface area contributed by atoms with E-state index < -0.39 is 24.2 Å². The first-order chi connectivity index (χ1) is 10.5. The summed E-state index contributed by atoms with van der Waals surface area (Å²) in [6.45, 7) is -0.886. The van der Waals surface area contributed by atoms with Crippen molar-refractivity contribution in [3.05, 3.63) is 24.0 Å². The first-order valence-electron chi connectivity index (χ1n) is 6.89. The van der Waals surface area contributed by atoms with Gasteiger partial charge in [-0.2, -0.15) is 8.78 Å². The van der Waals surface area contributed by atoms with Gasteiger partial charge in [-0.15, -0.1) is 0 Å². The number of aliphatic hydroxyl groups excluding tert-OH is 1. The number of amides is 2. The van der Waals surface area contributed by atoms with Crippen molar-refractivity contribution in [2.45, 2.75) is 26.4 Å². The molecular formula is C14H19F3N2O3. The van der Waals surface area contributed by atoms with Crippen molar-refractivity contribution in [2.75, 3.05) is 25.0 Å². The Kier molecular flexibility index (Phi) is 7.51. The number of hydrogen-bond acceptors (Lipinski definition) is 3. The standard InChI is InChI=1S/C14H19F3N2O3/c1-2-3-6-19(7-8-20)14(21)18-11-5-4-10(15)9-12(11)22-13(16)17/h4-5,9,13,20H,2-3,6-8H2,1H3,(H,18,21). The predicted molar refractivity (Wildman–Crippen MR) is 75.6 cm³/mol. The molecule has 0 unspecified atom stereocenters. The van der Waals surface area contributed by atoms with Crippen LogP contribution in [0.25, 0.3) is 0 Å². The quantitative estimate of drug-likeness (QED) is 0.774. The molecule has 1 aromatic rings. The van der Waals surface area contributed by atoms with E-state index in [1.807, 2.05) is 6.92 Å². The molecule has 0 aliphatic rings. The Labute approximate surface area is 126 Å². The number of benzene rings is 1. The highest BCUT2D eigenvalue weighted by atomic mass is 19.3. The van der Waals surface area contributed by atoms with E-state index in [2.05, 4.69) is 10.1 Å². The van der Waals surface area contributed by atoms with E-state index in [9.17, 15) is 18.0 Å². The van der Waals surface area contributed by atoms with Crippen LogP contribution in [0.15, 0.2) is 18.2 Å². The van der Waals surface area contributed by atoms with Gasteiger partial charge in [0.1, 0.15) is 5.82 Å². The molecule has 0 fully saturated rings. The van der Waals surface area contributed by atoms with E-state index in [0.29, 0.717) is 6.54 Å². The normalized spacial score (nSPS) is 10.6. The number of unbranched alkanes of at least 4 members (excludes halogenated alkanes) is 1. The molecule has 0 aliphatic carbocycles. The van der Waals surface area contributed by atoms with Gasteiger partial charge < -0.3 is 20.1 Å². The fourth-order valence-electron chi connectivity index (χ4n) is 1.77. The maximum atomic E-state index is 13.1. The average molecular weight is 320 g/mol. The molecular weight excluding hydrogens is 301 g/mol. The highest BCUT2D eigenvalue weighted by Crippen LogP contribution is 2.27. The minimum Gasteiger partial charge on any atom is -0.432 e. The number of urea groups is 1. The lowest BCUT2D eigenvalue weighted by molar-refractivity contribution is -0.0495. The number of halogens is 3. The van der Waals surface area contributed by atoms with E-state index in [0.717, 1.165) is 31.0 Å². The molecule has 0 saturated heterocycles. The summed E-state index contributed by atoms with van der Waals surface area (Å²) in [5, 5.41) is 11.4. The van der Waals surface area contributed by atoms with Crippen LogP contribution in [0.1, 0.15) is 19.8 Å². The Balaban J connectivity index is 2.84. The molecule has 5 nitrogen and oxygen atoms in total. The smallest absolute Gasteiger partial charge is 0.387 e. The van der Waals surface area contributed by atoms with Gasteiger partial charge in [0.25, 0.3) is 0 Å². The zero-order valence-electron chi connectivity index (χ0n) is 12.2. The van der Waals surface area contributed by atoms with Crippen molar-refractivity contribution in [1.29, 1.82) is 0 Å². The van der Waals surface area contributed by atoms with E-state index in [1.165, 1.54) is 4.90 Å². The van der Waals surface area contributed by atoms with Crippen molar-refractivity contribution >= 4 is 11.7 Å². The summed E-state index contributed by atoms with van der Waals surface area (Å²) in [4.78, 5) is 13.4. The Morgan fingerprint density at radius 3 is 2.73 bits per heavy atom. The Bertz CT molecular complexity index is 486. The van der Waals surface area contributed by atoms with Crippen LogP contribution in [0.2, 0.25) is 0 Å². The molecule has 1 rings (SSSR count). The van der Waals surface area contributed by atoms with Crippen LogP contribution in [-0.2, 0) is 0 Å². The van der Waals surface area contributed by atoms with Crippen LogP contribution < -0.4 is 10.1 Å². The van der Waals surface area contributed by atoms with Crippen LogP contribution in [0.5, 0.6) is 5.75 Å². The molecule has 2 N–H and O–H groups in total. The summed E-state index contributed by atoms with van der Waals surface area (Å²) in [6.07, 6.45) is 1.59. The number of rotatable bonds is 8. The number of nitrogens with zero attached hydrogens (tertiary/aromatic N) is 1. The summed E-state index contributed by atoms with van der Waals surface area (Å²) in [7, 11) is 0. The fraction of sp³-hybridized carbons (Fsp3) is 0.500. The molecule has 8 heteroatoms. The molecule has 0 saturated carbocycles. The number of aliphatic hydroxyl groups is 1. The second-order valence-electron chi connectivity index (χ2n) is 4.51. The lowest BCUT2D eigenvalue weighted by Gasteiger charge is -2.22. The first-order valence-corrected chi connectivity index (χ1v) is 6.89. The second-order valence-corrected chi connectivity index (χ2v) is 4.51. The van der Waals surface area contributed by atoms with Crippen molar-refractivity contribution in [2.24, 2.45) is 0 Å². The number of ether oxygens (including phenoxy) is 1. The minimum atomic E-state index is -3.13. The molecule has 124 valence electrons. The third kappa shape index (κ3) is 5.80. The van der Waals surface area contributed by atoms with Gasteiger partial charge in [-0.25, -0.2) is 9.18 Å². The molecule has 0 aliphatic heterocycles. The lowest BCUT2D eigenvalue weighted by Crippen LogP contribution is -2.37. The van der Waals surface area contributed by atoms with Gasteiger partial charge in [0.15, 0.2) is 5.75 Å². The Morgan fingerprint density at radius 1 is 1.41 bits per heavy atom. The third-order valence-electron chi connectivity index (χ3n) is 2.84. The highest BCUT2D eigenvalue weighted by molar-refractivity contribution is 5.91. The van der Waals surface area contributed by atoms with E-state index in [-0.39, 0.29) is 18.8 Å². The molecule has 0 atom stereocenters. The molecule has 0 bridgehead atoms. The fourth-order valence-corrected chi connectivity index (χ4v) is 1.77. The molecule has 0 radical (unpaired) electrons. The van der Waals surface area contributed by atoms with Crippen LogP contribution >= 0.6 is 0 Å². The number of carbonyl (C=O) groups is 1. The Hall–Kier alpha value is -1.96. The molecule has 22 heavy (non-hydrogen) atoms. The molecule has 0 heterocycles. The summed E-state index contributed by atoms with van der Waals surface area (Å²) in [6, 6.07) is 2.36. The van der Waals surface area contributed by atoms with Gasteiger partial charge in [0, 0.05) is 19.2 Å². The van der Waals surface area contributed by atoms with E-state index in [4.69, 9.17) is 5.11 Å². The Morgan fingerprint density at radius 2 is 2.14 bits per heavy atom. The van der Waals surface area contributed by atoms with Crippen LogP contribution in [0, 0.1) is 5.82 Å². The summed E-state index contributed by atoms with van der Waals surface area (Å²) >= 11 is 0. The van der Waals surface area contributed by atoms with Crippen LogP contribution in [0.4, 0.5) is 23.7 Å². The number of nitrogens with one attached hydrogen (secondary N) is 1. The SMILES string of the molecule is CCCCN(CCO)C(=O)Nc1ccc(F)cc1OC(F)F. The maximum absolute atomic E-state index is 13.1. The highest BCUT2D eigenvalue weighted by Gasteiger charge is 2.17. The average Bonchev–Trinajstić information content (AvgIpc) is 2.45. The van der Waals surface area contributed by atoms with Crippen molar-refractivity contribution in [3.8, 4) is 5.75 Å². The van der Waals surface area contributed by atoms with Gasteiger partial charge in [-0.3, -0.25) is 0 Å². The zero-order chi connectivity index (χ0) is 16.5. The van der Waals surface area contributed by atoms with E-state index >= 15 is 0 Å². The number of hydrogen-bond donors (Lipinski definition) is 2. The van der Waals surface area contributed by atoms with Crippen molar-refractivity contribution in [1.82, 2.24) is 4.90 Å². The summed E-state index contributed by atoms with van der Waals surface area (Å²) < 4.78 is 41.9. The topological polar surface area (TPSA) is 61.8 Å². The third-order valence-corrected chi connectivity index (χ3v) is 2.84. The zero-order valence-corrected chi connectivity index (χ0v) is 12.2. The van der Waals surface area contributed by atoms with Gasteiger partial charge in [0.05, 0.1) is 12.3 Å². The van der Waals surface area contributed by atoms with Gasteiger partial charge >= 0.3 is 12.6 Å². The first kappa shape index (κ1) is 18.1. The van der Waals surface area contributed by atoms with Crippen LogP contribution in [-0.4, -0.2) is 42.3 Å². The predicted octanol–water partition coefficient (Wildman–Crippen LogP) is 3.05. The molecule has 0 spiro atoms. The summed E-state index contributed by atoms with van der Waals surface area (Å²) in [5.74, 6) is -1.21. The van der Waals surface area contributed by atoms with Crippen molar-refractivity contribution in [3.63, 3.8) is 0 Å². The van der Waals surface area contributed by atoms with Gasteiger partial charge in [-0.1, -0.05) is 13.3 Å². The number of carbonyl (C=O) groups excluding carboxylic acids is 1.